The number of hydrogen-bond donors (Lipinski definition) is 2. The summed E-state index contributed by atoms with van der Waals surface area (Å²) in [4.78, 5) is 75.3. The molecule has 0 spiro atoms. The number of aromatic nitrogens is 3. The van der Waals surface area contributed by atoms with E-state index in [4.69, 9.17) is 0 Å². The minimum atomic E-state index is -1.21. The second-order valence-corrected chi connectivity index (χ2v) is 11.5. The van der Waals surface area contributed by atoms with E-state index < -0.39 is 35.3 Å². The molecule has 2 N–H and O–H groups in total. The highest BCUT2D eigenvalue weighted by Crippen LogP contribution is 2.37. The van der Waals surface area contributed by atoms with Gasteiger partial charge in [0.2, 0.25) is 11.8 Å². The van der Waals surface area contributed by atoms with Gasteiger partial charge in [-0.05, 0) is 66.8 Å². The summed E-state index contributed by atoms with van der Waals surface area (Å²) >= 11 is 0. The van der Waals surface area contributed by atoms with E-state index in [2.05, 4.69) is 20.2 Å². The van der Waals surface area contributed by atoms with Crippen LogP contribution < -0.4 is 10.9 Å². The Morgan fingerprint density at radius 2 is 1.70 bits per heavy atom. The van der Waals surface area contributed by atoms with Gasteiger partial charge < -0.3 is 5.11 Å². The molecule has 2 fully saturated rings. The summed E-state index contributed by atoms with van der Waals surface area (Å²) in [6.45, 7) is 1.69. The number of carbonyl (C=O) groups is 4. The highest BCUT2D eigenvalue weighted by atomic mass is 16.3. The Morgan fingerprint density at radius 3 is 2.45 bits per heavy atom. The zero-order valence-electron chi connectivity index (χ0n) is 23.6. The van der Waals surface area contributed by atoms with E-state index in [0.717, 1.165) is 10.5 Å². The van der Waals surface area contributed by atoms with Gasteiger partial charge in [-0.25, -0.2) is 9.97 Å². The summed E-state index contributed by atoms with van der Waals surface area (Å²) in [5.74, 6) is -1.78. The molecule has 222 valence electrons. The molecule has 2 aromatic heterocycles. The van der Waals surface area contributed by atoms with Crippen molar-refractivity contribution in [3.05, 3.63) is 99.7 Å². The third-order valence-electron chi connectivity index (χ3n) is 8.79. The number of benzene rings is 2. The minimum absolute atomic E-state index is 0.0463. The third-order valence-corrected chi connectivity index (χ3v) is 8.79. The van der Waals surface area contributed by atoms with Crippen LogP contribution in [-0.4, -0.2) is 72.2 Å². The van der Waals surface area contributed by atoms with Crippen LogP contribution in [0.15, 0.2) is 71.9 Å². The van der Waals surface area contributed by atoms with Crippen LogP contribution in [0.25, 0.3) is 16.7 Å². The molecule has 12 nitrogen and oxygen atoms in total. The van der Waals surface area contributed by atoms with Crippen molar-refractivity contribution in [2.24, 2.45) is 0 Å². The monoisotopic (exact) mass is 592 g/mol. The lowest BCUT2D eigenvalue weighted by Gasteiger charge is -2.38. The zero-order chi connectivity index (χ0) is 30.6. The Labute approximate surface area is 250 Å². The van der Waals surface area contributed by atoms with Crippen molar-refractivity contribution in [1.29, 1.82) is 0 Å². The first-order chi connectivity index (χ1) is 21.2. The van der Waals surface area contributed by atoms with Gasteiger partial charge in [-0.1, -0.05) is 18.2 Å². The number of aliphatic hydroxyl groups is 1. The predicted octanol–water partition coefficient (Wildman–Crippen LogP) is 1.67. The van der Waals surface area contributed by atoms with E-state index in [0.29, 0.717) is 54.8 Å². The molecule has 0 aliphatic carbocycles. The van der Waals surface area contributed by atoms with Gasteiger partial charge in [0.05, 0.1) is 27.6 Å². The summed E-state index contributed by atoms with van der Waals surface area (Å²) in [5, 5.41) is 14.3. The van der Waals surface area contributed by atoms with E-state index in [1.54, 1.807) is 30.5 Å². The molecule has 2 saturated heterocycles. The number of fused-ring (bicyclic) bond motifs is 2. The molecule has 3 aliphatic rings. The van der Waals surface area contributed by atoms with Crippen molar-refractivity contribution in [2.45, 2.75) is 43.9 Å². The Morgan fingerprint density at radius 1 is 0.909 bits per heavy atom. The lowest BCUT2D eigenvalue weighted by Crippen LogP contribution is -2.54. The number of hydrogen-bond acceptors (Lipinski definition) is 9. The maximum Gasteiger partial charge on any atom is 0.266 e. The van der Waals surface area contributed by atoms with Crippen LogP contribution in [0.1, 0.15) is 57.5 Å². The molecule has 44 heavy (non-hydrogen) atoms. The zero-order valence-corrected chi connectivity index (χ0v) is 23.6. The van der Waals surface area contributed by atoms with Crippen LogP contribution in [0, 0.1) is 0 Å². The van der Waals surface area contributed by atoms with Gasteiger partial charge in [0.25, 0.3) is 17.4 Å². The average molecular weight is 593 g/mol. The molecule has 12 heteroatoms. The number of nitrogens with zero attached hydrogens (tertiary/aromatic N) is 5. The Kier molecular flexibility index (Phi) is 6.67. The largest absolute Gasteiger partial charge is 0.385 e. The molecule has 1 atom stereocenters. The van der Waals surface area contributed by atoms with Crippen molar-refractivity contribution in [2.75, 3.05) is 13.1 Å². The molecule has 1 unspecified atom stereocenters. The second-order valence-electron chi connectivity index (χ2n) is 11.5. The van der Waals surface area contributed by atoms with Gasteiger partial charge in [-0.3, -0.25) is 43.7 Å². The van der Waals surface area contributed by atoms with Gasteiger partial charge in [0.15, 0.2) is 0 Å². The SMILES string of the molecule is O=C1CCC(N2C(=O)c3ccc(C4(O)CCN(Cc5ccc6ncn(-c7ccccn7)c(=O)c6c5)CC4)cc3C2=O)C(=O)N1. The molecule has 4 aromatic rings. The smallest absolute Gasteiger partial charge is 0.266 e. The first kappa shape index (κ1) is 27.7. The van der Waals surface area contributed by atoms with Crippen molar-refractivity contribution in [1.82, 2.24) is 29.7 Å². The Bertz CT molecular complexity index is 1910. The molecule has 4 amide bonds. The summed E-state index contributed by atoms with van der Waals surface area (Å²) in [6.07, 6.45) is 4.02. The van der Waals surface area contributed by atoms with Crippen molar-refractivity contribution < 1.29 is 24.3 Å². The maximum atomic E-state index is 13.3. The van der Waals surface area contributed by atoms with Gasteiger partial charge in [-0.2, -0.15) is 0 Å². The third kappa shape index (κ3) is 4.68. The van der Waals surface area contributed by atoms with Crippen LogP contribution >= 0.6 is 0 Å². The minimum Gasteiger partial charge on any atom is -0.385 e. The molecular formula is C32H28N6O6. The van der Waals surface area contributed by atoms with Gasteiger partial charge in [0, 0.05) is 32.3 Å². The fourth-order valence-corrected chi connectivity index (χ4v) is 6.32. The molecule has 2 aromatic carbocycles. The van der Waals surface area contributed by atoms with E-state index in [9.17, 15) is 29.1 Å². The van der Waals surface area contributed by atoms with E-state index in [1.807, 2.05) is 24.3 Å². The number of carbonyl (C=O) groups excluding carboxylic acids is 4. The number of imide groups is 2. The standard InChI is InChI=1S/C32H28N6O6/c39-27-9-8-25(28(40)35-27)38-30(42)21-6-5-20(16-22(21)31(38)43)32(44)10-13-36(14-11-32)17-19-4-7-24-23(15-19)29(41)37(18-34-24)26-3-1-2-12-33-26/h1-7,12,15-16,18,25,44H,8-11,13-14,17H2,(H,35,39,40). The van der Waals surface area contributed by atoms with Crippen LogP contribution in [0.5, 0.6) is 0 Å². The normalized spacial score (nSPS) is 20.2. The number of likely N-dealkylation sites (tertiary alicyclic amines) is 1. The van der Waals surface area contributed by atoms with E-state index in [-0.39, 0.29) is 29.5 Å². The average Bonchev–Trinajstić information content (AvgIpc) is 3.28. The van der Waals surface area contributed by atoms with Crippen molar-refractivity contribution >= 4 is 34.5 Å². The number of piperidine rings is 2. The molecule has 0 saturated carbocycles. The number of nitrogens with one attached hydrogen (secondary N) is 1. The summed E-state index contributed by atoms with van der Waals surface area (Å²) < 4.78 is 1.42. The summed E-state index contributed by atoms with van der Waals surface area (Å²) in [5.41, 5.74) is 0.987. The van der Waals surface area contributed by atoms with E-state index in [1.165, 1.54) is 17.0 Å². The molecular weight excluding hydrogens is 564 g/mol. The number of amides is 4. The van der Waals surface area contributed by atoms with E-state index >= 15 is 0 Å². The fourth-order valence-electron chi connectivity index (χ4n) is 6.32. The maximum absolute atomic E-state index is 13.3. The summed E-state index contributed by atoms with van der Waals surface area (Å²) in [6, 6.07) is 14.7. The highest BCUT2D eigenvalue weighted by molar-refractivity contribution is 6.23. The molecule has 0 radical (unpaired) electrons. The lowest BCUT2D eigenvalue weighted by atomic mass is 9.83. The molecule has 3 aliphatic heterocycles. The molecule has 5 heterocycles. The lowest BCUT2D eigenvalue weighted by molar-refractivity contribution is -0.136. The van der Waals surface area contributed by atoms with Crippen LogP contribution in [0.4, 0.5) is 0 Å². The van der Waals surface area contributed by atoms with Gasteiger partial charge in [0.1, 0.15) is 18.2 Å². The van der Waals surface area contributed by atoms with Crippen LogP contribution in [0.3, 0.4) is 0 Å². The number of rotatable bonds is 5. The van der Waals surface area contributed by atoms with Crippen LogP contribution in [-0.2, 0) is 21.7 Å². The molecule has 7 rings (SSSR count). The van der Waals surface area contributed by atoms with Crippen molar-refractivity contribution in [3.63, 3.8) is 0 Å². The number of pyridine rings is 1. The quantitative estimate of drug-likeness (QED) is 0.329. The summed E-state index contributed by atoms with van der Waals surface area (Å²) in [7, 11) is 0. The van der Waals surface area contributed by atoms with Crippen LogP contribution in [0.2, 0.25) is 0 Å². The first-order valence-electron chi connectivity index (χ1n) is 14.4. The predicted molar refractivity (Wildman–Crippen MR) is 157 cm³/mol. The van der Waals surface area contributed by atoms with Crippen molar-refractivity contribution in [3.8, 4) is 5.82 Å². The fraction of sp³-hybridized carbons (Fsp3) is 0.281. The topological polar surface area (TPSA) is 155 Å². The highest BCUT2D eigenvalue weighted by Gasteiger charge is 2.45. The first-order valence-corrected chi connectivity index (χ1v) is 14.4. The van der Waals surface area contributed by atoms with Gasteiger partial charge >= 0.3 is 0 Å². The second kappa shape index (κ2) is 10.6. The van der Waals surface area contributed by atoms with Gasteiger partial charge in [-0.15, -0.1) is 0 Å². The molecule has 0 bridgehead atoms. The Balaban J connectivity index is 1.06. The Hall–Kier alpha value is -5.07.